The molecule has 0 nitrogen and oxygen atoms in total. The lowest BCUT2D eigenvalue weighted by Crippen LogP contribution is -2.16. The monoisotopic (exact) mass is 205 g/mol. The van der Waals surface area contributed by atoms with Crippen LogP contribution in [0.2, 0.25) is 0 Å². The van der Waals surface area contributed by atoms with E-state index in [1.807, 2.05) is 13.0 Å². The van der Waals surface area contributed by atoms with Crippen molar-refractivity contribution in [2.75, 3.05) is 0 Å². The van der Waals surface area contributed by atoms with Gasteiger partial charge in [-0.1, -0.05) is 65.8 Å². The van der Waals surface area contributed by atoms with Gasteiger partial charge >= 0.3 is 0 Å². The van der Waals surface area contributed by atoms with Crippen molar-refractivity contribution in [3.05, 3.63) is 35.4 Å². The first kappa shape index (κ1) is 10.7. The minimum Gasteiger partial charge on any atom is -0.0622 e. The van der Waals surface area contributed by atoms with E-state index >= 15 is 0 Å². The minimum atomic E-state index is -0.510. The van der Waals surface area contributed by atoms with Crippen LogP contribution in [-0.4, -0.2) is 0 Å². The summed E-state index contributed by atoms with van der Waals surface area (Å²) in [5.74, 6) is -0.194. The van der Waals surface area contributed by atoms with Gasteiger partial charge in [-0.3, -0.25) is 0 Å². The Morgan fingerprint density at radius 1 is 1.07 bits per heavy atom. The average Bonchev–Trinajstić information content (AvgIpc) is 2.16. The third kappa shape index (κ3) is 2.84. The van der Waals surface area contributed by atoms with Gasteiger partial charge in [-0.25, -0.2) is 0 Å². The molecular formula is C15H24. The predicted molar refractivity (Wildman–Crippen MR) is 68.4 cm³/mol. The molecule has 1 rings (SSSR count). The molecule has 1 unspecified atom stereocenters. The van der Waals surface area contributed by atoms with E-state index in [0.717, 1.165) is 5.56 Å². The molecule has 0 saturated carbocycles. The van der Waals surface area contributed by atoms with Gasteiger partial charge in [0.1, 0.15) is 0 Å². The Morgan fingerprint density at radius 3 is 2.07 bits per heavy atom. The molecule has 0 N–H and O–H groups in total. The first-order chi connectivity index (χ1) is 7.17. The van der Waals surface area contributed by atoms with Crippen LogP contribution < -0.4 is 0 Å². The number of hydrogen-bond donors (Lipinski definition) is 0. The van der Waals surface area contributed by atoms with Crippen molar-refractivity contribution in [2.24, 2.45) is 5.92 Å². The fraction of sp³-hybridized carbons (Fsp3) is 0.600. The molecule has 0 aliphatic rings. The Hall–Kier alpha value is -0.780. The van der Waals surface area contributed by atoms with Crippen LogP contribution in [-0.2, 0) is 5.41 Å². The second kappa shape index (κ2) is 4.38. The molecule has 84 valence electrons. The Bertz CT molecular complexity index is 356. The molecule has 15 heavy (non-hydrogen) atoms. The fourth-order valence-corrected chi connectivity index (χ4v) is 1.79. The van der Waals surface area contributed by atoms with Crippen molar-refractivity contribution in [3.63, 3.8) is 0 Å². The van der Waals surface area contributed by atoms with Gasteiger partial charge in [-0.15, -0.1) is 0 Å². The van der Waals surface area contributed by atoms with Crippen LogP contribution >= 0.6 is 0 Å². The molecule has 0 saturated heterocycles. The summed E-state index contributed by atoms with van der Waals surface area (Å²) in [6.45, 7) is 12.9. The summed E-state index contributed by atoms with van der Waals surface area (Å²) in [7, 11) is 0. The first-order valence-corrected chi connectivity index (χ1v) is 5.77. The van der Waals surface area contributed by atoms with Crippen molar-refractivity contribution in [1.29, 1.82) is 0 Å². The molecule has 0 aromatic heterocycles. The Kier molecular flexibility index (Phi) is 3.14. The molecule has 0 aliphatic carbocycles. The SMILES string of the molecule is [2H]C(C)(c1ccccc1C(C)(C)C)C(C)C. The van der Waals surface area contributed by atoms with Gasteiger partial charge in [0.15, 0.2) is 0 Å². The lowest BCUT2D eigenvalue weighted by Gasteiger charge is -2.27. The summed E-state index contributed by atoms with van der Waals surface area (Å²) in [6.07, 6.45) is 0. The molecule has 0 aliphatic heterocycles. The highest BCUT2D eigenvalue weighted by Crippen LogP contribution is 2.33. The summed E-state index contributed by atoms with van der Waals surface area (Å²) >= 11 is 0. The van der Waals surface area contributed by atoms with Gasteiger partial charge in [0.2, 0.25) is 0 Å². The lowest BCUT2D eigenvalue weighted by molar-refractivity contribution is 0.509. The Morgan fingerprint density at radius 2 is 1.60 bits per heavy atom. The second-order valence-corrected chi connectivity index (χ2v) is 5.63. The van der Waals surface area contributed by atoms with Crippen molar-refractivity contribution in [3.8, 4) is 0 Å². The zero-order valence-corrected chi connectivity index (χ0v) is 10.9. The molecule has 0 heteroatoms. The molecule has 1 aromatic rings. The van der Waals surface area contributed by atoms with Crippen LogP contribution in [0, 0.1) is 5.92 Å². The number of hydrogen-bond acceptors (Lipinski definition) is 0. The van der Waals surface area contributed by atoms with Gasteiger partial charge in [-0.05, 0) is 28.4 Å². The van der Waals surface area contributed by atoms with Gasteiger partial charge in [-0.2, -0.15) is 0 Å². The predicted octanol–water partition coefficient (Wildman–Crippen LogP) is 4.74. The zero-order chi connectivity index (χ0) is 12.6. The van der Waals surface area contributed by atoms with Crippen molar-refractivity contribution >= 4 is 0 Å². The molecule has 0 bridgehead atoms. The molecule has 0 amide bonds. The zero-order valence-electron chi connectivity index (χ0n) is 11.9. The summed E-state index contributed by atoms with van der Waals surface area (Å²) in [4.78, 5) is 0. The topological polar surface area (TPSA) is 0 Å². The number of rotatable bonds is 2. The van der Waals surface area contributed by atoms with Crippen molar-refractivity contribution in [2.45, 2.75) is 52.9 Å². The number of benzene rings is 1. The quantitative estimate of drug-likeness (QED) is 0.654. The van der Waals surface area contributed by atoms with Gasteiger partial charge < -0.3 is 0 Å². The maximum atomic E-state index is 8.54. The van der Waals surface area contributed by atoms with E-state index in [2.05, 4.69) is 52.8 Å². The first-order valence-electron chi connectivity index (χ1n) is 6.27. The molecular weight excluding hydrogens is 180 g/mol. The maximum absolute atomic E-state index is 8.54. The van der Waals surface area contributed by atoms with E-state index < -0.39 is 5.89 Å². The van der Waals surface area contributed by atoms with E-state index in [9.17, 15) is 0 Å². The molecule has 1 atom stereocenters. The third-order valence-electron chi connectivity index (χ3n) is 3.03. The van der Waals surface area contributed by atoms with E-state index in [1.165, 1.54) is 5.56 Å². The summed E-state index contributed by atoms with van der Waals surface area (Å²) in [5, 5.41) is 0. The van der Waals surface area contributed by atoms with Gasteiger partial charge in [0, 0.05) is 1.37 Å². The summed E-state index contributed by atoms with van der Waals surface area (Å²) < 4.78 is 8.54. The highest BCUT2D eigenvalue weighted by Gasteiger charge is 2.21. The van der Waals surface area contributed by atoms with Crippen LogP contribution in [0.25, 0.3) is 0 Å². The van der Waals surface area contributed by atoms with Gasteiger partial charge in [0.25, 0.3) is 0 Å². The standard InChI is InChI=1S/C15H24/c1-11(2)12(3)13-9-7-8-10-14(13)15(4,5)6/h7-12H,1-6H3/i12D. The van der Waals surface area contributed by atoms with E-state index in [1.54, 1.807) is 0 Å². The van der Waals surface area contributed by atoms with E-state index in [4.69, 9.17) is 1.37 Å². The van der Waals surface area contributed by atoms with E-state index in [0.29, 0.717) is 5.92 Å². The lowest BCUT2D eigenvalue weighted by atomic mass is 9.78. The molecule has 0 radical (unpaired) electrons. The van der Waals surface area contributed by atoms with Crippen LogP contribution in [0.5, 0.6) is 0 Å². The van der Waals surface area contributed by atoms with E-state index in [-0.39, 0.29) is 5.41 Å². The average molecular weight is 205 g/mol. The second-order valence-electron chi connectivity index (χ2n) is 5.63. The molecule has 1 aromatic carbocycles. The van der Waals surface area contributed by atoms with Crippen LogP contribution in [0.1, 0.15) is 59.9 Å². The van der Waals surface area contributed by atoms with Crippen LogP contribution in [0.15, 0.2) is 24.3 Å². The smallest absolute Gasteiger partial charge is 0.0352 e. The Balaban J connectivity index is 3.35. The summed E-state index contributed by atoms with van der Waals surface area (Å²) in [6, 6.07) is 8.37. The highest BCUT2D eigenvalue weighted by molar-refractivity contribution is 5.35. The molecule has 0 spiro atoms. The van der Waals surface area contributed by atoms with Crippen LogP contribution in [0.3, 0.4) is 0 Å². The fourth-order valence-electron chi connectivity index (χ4n) is 1.79. The largest absolute Gasteiger partial charge is 0.0622 e. The minimum absolute atomic E-state index is 0.105. The highest BCUT2D eigenvalue weighted by atomic mass is 14.3. The van der Waals surface area contributed by atoms with Crippen molar-refractivity contribution in [1.82, 2.24) is 0 Å². The van der Waals surface area contributed by atoms with Gasteiger partial charge in [0.05, 0.1) is 0 Å². The summed E-state index contributed by atoms with van der Waals surface area (Å²) in [5.41, 5.74) is 2.56. The third-order valence-corrected chi connectivity index (χ3v) is 3.03. The Labute approximate surface area is 96.1 Å². The normalized spacial score (nSPS) is 17.4. The molecule has 0 fully saturated rings. The molecule has 0 heterocycles. The van der Waals surface area contributed by atoms with Crippen LogP contribution in [0.4, 0.5) is 0 Å². The van der Waals surface area contributed by atoms with Crippen molar-refractivity contribution < 1.29 is 1.37 Å². The maximum Gasteiger partial charge on any atom is 0.0352 e.